The summed E-state index contributed by atoms with van der Waals surface area (Å²) in [4.78, 5) is 33.6. The van der Waals surface area contributed by atoms with Crippen LogP contribution in [0.2, 0.25) is 0 Å². The van der Waals surface area contributed by atoms with Gasteiger partial charge in [-0.25, -0.2) is 14.6 Å². The molecule has 0 aliphatic heterocycles. The van der Waals surface area contributed by atoms with E-state index < -0.39 is 0 Å². The highest BCUT2D eigenvalue weighted by Crippen LogP contribution is 2.19. The summed E-state index contributed by atoms with van der Waals surface area (Å²) in [6, 6.07) is 10.6. The second-order valence-corrected chi connectivity index (χ2v) is 6.45. The van der Waals surface area contributed by atoms with Crippen molar-refractivity contribution in [1.82, 2.24) is 30.0 Å². The molecule has 1 aromatic carbocycles. The zero-order valence-corrected chi connectivity index (χ0v) is 14.8. The molecule has 0 atom stereocenters. The van der Waals surface area contributed by atoms with Gasteiger partial charge >= 0.3 is 0 Å². The number of carbonyl (C=O) groups excluding carboxylic acids is 1. The van der Waals surface area contributed by atoms with E-state index in [4.69, 9.17) is 4.42 Å². The Morgan fingerprint density at radius 1 is 1.26 bits per heavy atom. The van der Waals surface area contributed by atoms with Gasteiger partial charge in [-0.05, 0) is 24.3 Å². The lowest BCUT2D eigenvalue weighted by atomic mass is 10.2. The van der Waals surface area contributed by atoms with Gasteiger partial charge in [0.25, 0.3) is 5.56 Å². The lowest BCUT2D eigenvalue weighted by molar-refractivity contribution is -0.118. The third kappa shape index (κ3) is 3.60. The average Bonchev–Trinajstić information content (AvgIpc) is 3.39. The van der Waals surface area contributed by atoms with Gasteiger partial charge in [0.15, 0.2) is 5.16 Å². The van der Waals surface area contributed by atoms with Crippen molar-refractivity contribution in [3.8, 4) is 5.95 Å². The second kappa shape index (κ2) is 7.46. The maximum absolute atomic E-state index is 12.9. The summed E-state index contributed by atoms with van der Waals surface area (Å²) in [5.41, 5.74) is 0.271. The Morgan fingerprint density at radius 2 is 2.15 bits per heavy atom. The molecule has 136 valence electrons. The molecule has 4 aromatic rings. The third-order valence-corrected chi connectivity index (χ3v) is 4.67. The zero-order chi connectivity index (χ0) is 18.6. The summed E-state index contributed by atoms with van der Waals surface area (Å²) in [6.45, 7) is 0.298. The maximum atomic E-state index is 12.9. The number of H-pyrrole nitrogens is 1. The molecule has 3 heterocycles. The quantitative estimate of drug-likeness (QED) is 0.383. The molecular weight excluding hydrogens is 368 g/mol. The van der Waals surface area contributed by atoms with Crippen molar-refractivity contribution in [1.29, 1.82) is 0 Å². The Labute approximate surface area is 156 Å². The predicted octanol–water partition coefficient (Wildman–Crippen LogP) is 1.51. The van der Waals surface area contributed by atoms with Crippen LogP contribution in [0.4, 0.5) is 0 Å². The van der Waals surface area contributed by atoms with Crippen LogP contribution in [0.1, 0.15) is 5.76 Å². The van der Waals surface area contributed by atoms with Gasteiger partial charge in [-0.3, -0.25) is 9.59 Å². The summed E-state index contributed by atoms with van der Waals surface area (Å²) >= 11 is 1.14. The van der Waals surface area contributed by atoms with E-state index in [9.17, 15) is 9.59 Å². The molecule has 0 saturated carbocycles. The standard InChI is InChI=1S/C17H14N6O3S/c24-14(18-8-11-4-3-7-26-11)9-27-17-21-13-6-2-1-5-12(13)15(25)23(17)16-19-10-20-22-16/h1-7,10H,8-9H2,(H,18,24)(H,19,20,22). The van der Waals surface area contributed by atoms with Crippen molar-refractivity contribution in [3.05, 3.63) is 65.1 Å². The van der Waals surface area contributed by atoms with Crippen molar-refractivity contribution in [2.75, 3.05) is 5.75 Å². The van der Waals surface area contributed by atoms with Crippen molar-refractivity contribution in [2.24, 2.45) is 0 Å². The zero-order valence-electron chi connectivity index (χ0n) is 14.0. The average molecular weight is 382 g/mol. The number of aromatic nitrogens is 5. The number of hydrogen-bond acceptors (Lipinski definition) is 7. The molecule has 0 aliphatic rings. The first-order chi connectivity index (χ1) is 13.2. The Balaban J connectivity index is 1.59. The van der Waals surface area contributed by atoms with E-state index in [0.717, 1.165) is 11.8 Å². The third-order valence-electron chi connectivity index (χ3n) is 3.73. The van der Waals surface area contributed by atoms with Gasteiger partial charge in [0, 0.05) is 0 Å². The molecule has 0 saturated heterocycles. The summed E-state index contributed by atoms with van der Waals surface area (Å²) in [6.07, 6.45) is 2.85. The van der Waals surface area contributed by atoms with E-state index in [-0.39, 0.29) is 23.2 Å². The van der Waals surface area contributed by atoms with Gasteiger partial charge in [0.1, 0.15) is 12.1 Å². The fourth-order valence-corrected chi connectivity index (χ4v) is 3.31. The van der Waals surface area contributed by atoms with Gasteiger partial charge in [-0.1, -0.05) is 23.9 Å². The number of nitrogens with zero attached hydrogens (tertiary/aromatic N) is 4. The van der Waals surface area contributed by atoms with Gasteiger partial charge in [0.05, 0.1) is 29.5 Å². The van der Waals surface area contributed by atoms with E-state index >= 15 is 0 Å². The van der Waals surface area contributed by atoms with Crippen LogP contribution in [0.3, 0.4) is 0 Å². The lowest BCUT2D eigenvalue weighted by Gasteiger charge is -2.10. The minimum atomic E-state index is -0.282. The normalized spacial score (nSPS) is 11.0. The van der Waals surface area contributed by atoms with Crippen molar-refractivity contribution in [3.63, 3.8) is 0 Å². The smallest absolute Gasteiger partial charge is 0.269 e. The predicted molar refractivity (Wildman–Crippen MR) is 98.6 cm³/mol. The van der Waals surface area contributed by atoms with Gasteiger partial charge < -0.3 is 9.73 Å². The first-order valence-corrected chi connectivity index (χ1v) is 9.00. The maximum Gasteiger partial charge on any atom is 0.269 e. The fraction of sp³-hybridized carbons (Fsp3) is 0.118. The van der Waals surface area contributed by atoms with Crippen LogP contribution in [-0.4, -0.2) is 36.4 Å². The summed E-state index contributed by atoms with van der Waals surface area (Å²) in [7, 11) is 0. The van der Waals surface area contributed by atoms with E-state index in [2.05, 4.69) is 25.5 Å². The molecule has 9 nitrogen and oxygen atoms in total. The van der Waals surface area contributed by atoms with Gasteiger partial charge in [-0.2, -0.15) is 10.1 Å². The van der Waals surface area contributed by atoms with Crippen LogP contribution < -0.4 is 10.9 Å². The van der Waals surface area contributed by atoms with E-state index in [1.54, 1.807) is 42.7 Å². The highest BCUT2D eigenvalue weighted by atomic mass is 32.2. The number of aromatic amines is 1. The Hall–Kier alpha value is -3.40. The largest absolute Gasteiger partial charge is 0.467 e. The molecule has 0 fully saturated rings. The van der Waals surface area contributed by atoms with E-state index in [0.29, 0.717) is 28.4 Å². The molecule has 0 aliphatic carbocycles. The first-order valence-electron chi connectivity index (χ1n) is 8.02. The van der Waals surface area contributed by atoms with E-state index in [1.807, 2.05) is 0 Å². The lowest BCUT2D eigenvalue weighted by Crippen LogP contribution is -2.26. The van der Waals surface area contributed by atoms with Crippen LogP contribution in [0, 0.1) is 0 Å². The molecule has 0 bridgehead atoms. The number of furan rings is 1. The van der Waals surface area contributed by atoms with Crippen LogP contribution in [-0.2, 0) is 11.3 Å². The second-order valence-electron chi connectivity index (χ2n) is 5.51. The monoisotopic (exact) mass is 382 g/mol. The number of nitrogens with one attached hydrogen (secondary N) is 2. The topological polar surface area (TPSA) is 119 Å². The molecule has 3 aromatic heterocycles. The molecule has 0 radical (unpaired) electrons. The fourth-order valence-electron chi connectivity index (χ4n) is 2.48. The number of fused-ring (bicyclic) bond motifs is 1. The first kappa shape index (κ1) is 17.0. The van der Waals surface area contributed by atoms with Crippen LogP contribution in [0.25, 0.3) is 16.9 Å². The van der Waals surface area contributed by atoms with E-state index in [1.165, 1.54) is 10.9 Å². The number of para-hydroxylation sites is 1. The summed E-state index contributed by atoms with van der Waals surface area (Å²) in [5, 5.41) is 10.0. The van der Waals surface area contributed by atoms with Crippen molar-refractivity contribution >= 4 is 28.6 Å². The summed E-state index contributed by atoms with van der Waals surface area (Å²) < 4.78 is 6.50. The molecule has 27 heavy (non-hydrogen) atoms. The molecule has 4 rings (SSSR count). The number of rotatable bonds is 6. The summed E-state index contributed by atoms with van der Waals surface area (Å²) in [5.74, 6) is 0.787. The van der Waals surface area contributed by atoms with Crippen molar-refractivity contribution < 1.29 is 9.21 Å². The molecular formula is C17H14N6O3S. The van der Waals surface area contributed by atoms with Crippen molar-refractivity contribution in [2.45, 2.75) is 11.7 Å². The molecule has 0 spiro atoms. The minimum Gasteiger partial charge on any atom is -0.467 e. The van der Waals surface area contributed by atoms with Crippen LogP contribution in [0.15, 0.2) is 63.4 Å². The van der Waals surface area contributed by atoms with Crippen LogP contribution in [0.5, 0.6) is 0 Å². The highest BCUT2D eigenvalue weighted by molar-refractivity contribution is 7.99. The van der Waals surface area contributed by atoms with Gasteiger partial charge in [-0.15, -0.1) is 0 Å². The molecule has 2 N–H and O–H groups in total. The SMILES string of the molecule is O=C(CSc1nc2ccccc2c(=O)n1-c1ncn[nH]1)NCc1ccco1. The van der Waals surface area contributed by atoms with Crippen LogP contribution >= 0.6 is 11.8 Å². The Morgan fingerprint density at radius 3 is 2.93 bits per heavy atom. The molecule has 1 amide bonds. The highest BCUT2D eigenvalue weighted by Gasteiger charge is 2.16. The number of hydrogen-bond donors (Lipinski definition) is 2. The number of benzene rings is 1. The molecule has 0 unspecified atom stereocenters. The Kier molecular flexibility index (Phi) is 4.71. The minimum absolute atomic E-state index is 0.0830. The number of carbonyl (C=O) groups is 1. The Bertz CT molecular complexity index is 1120. The van der Waals surface area contributed by atoms with Gasteiger partial charge in [0.2, 0.25) is 11.9 Å². The molecule has 10 heteroatoms. The number of amides is 1. The number of thioether (sulfide) groups is 1.